The third-order valence-corrected chi connectivity index (χ3v) is 2.79. The van der Waals surface area contributed by atoms with E-state index in [2.05, 4.69) is 21.2 Å². The lowest BCUT2D eigenvalue weighted by Gasteiger charge is -2.12. The number of hydrogen-bond acceptors (Lipinski definition) is 3. The molecule has 0 heterocycles. The minimum Gasteiger partial charge on any atom is -0.464 e. The lowest BCUT2D eigenvalue weighted by Crippen LogP contribution is -2.39. The van der Waals surface area contributed by atoms with E-state index in [-0.39, 0.29) is 12.5 Å². The van der Waals surface area contributed by atoms with Gasteiger partial charge in [-0.25, -0.2) is 4.79 Å². The third kappa shape index (κ3) is 4.31. The summed E-state index contributed by atoms with van der Waals surface area (Å²) in [6.07, 6.45) is 0. The summed E-state index contributed by atoms with van der Waals surface area (Å²) in [5.74, 6) is -0.842. The monoisotopic (exact) mass is 333 g/mol. The van der Waals surface area contributed by atoms with Crippen LogP contribution in [0.3, 0.4) is 0 Å². The van der Waals surface area contributed by atoms with E-state index in [1.807, 2.05) is 0 Å². The van der Waals surface area contributed by atoms with Crippen molar-refractivity contribution >= 4 is 39.4 Å². The summed E-state index contributed by atoms with van der Waals surface area (Å²) in [5, 5.41) is 2.99. The Hall–Kier alpha value is -1.07. The van der Waals surface area contributed by atoms with Crippen LogP contribution in [0.1, 0.15) is 24.2 Å². The topological polar surface area (TPSA) is 55.4 Å². The first-order valence-electron chi connectivity index (χ1n) is 5.37. The van der Waals surface area contributed by atoms with Gasteiger partial charge in [0.15, 0.2) is 0 Å². The van der Waals surface area contributed by atoms with E-state index in [1.165, 1.54) is 6.07 Å². The molecule has 1 atom stereocenters. The van der Waals surface area contributed by atoms with Crippen LogP contribution in [-0.4, -0.2) is 24.5 Å². The van der Waals surface area contributed by atoms with Crippen molar-refractivity contribution in [3.63, 3.8) is 0 Å². The van der Waals surface area contributed by atoms with E-state index in [1.54, 1.807) is 26.0 Å². The Morgan fingerprint density at radius 2 is 2.11 bits per heavy atom. The molecule has 0 aliphatic carbocycles. The second kappa shape index (κ2) is 6.75. The molecule has 0 fully saturated rings. The molecule has 1 amide bonds. The van der Waals surface area contributed by atoms with E-state index in [0.717, 1.165) is 0 Å². The van der Waals surface area contributed by atoms with Crippen molar-refractivity contribution in [1.82, 2.24) is 5.32 Å². The zero-order chi connectivity index (χ0) is 13.7. The van der Waals surface area contributed by atoms with Crippen LogP contribution in [0.4, 0.5) is 0 Å². The van der Waals surface area contributed by atoms with Crippen LogP contribution < -0.4 is 5.32 Å². The van der Waals surface area contributed by atoms with Gasteiger partial charge in [0.25, 0.3) is 5.91 Å². The molecule has 1 aromatic carbocycles. The Kier molecular flexibility index (Phi) is 5.62. The van der Waals surface area contributed by atoms with Crippen molar-refractivity contribution in [2.45, 2.75) is 19.9 Å². The van der Waals surface area contributed by atoms with Crippen molar-refractivity contribution < 1.29 is 14.3 Å². The van der Waals surface area contributed by atoms with Gasteiger partial charge in [0.05, 0.1) is 6.61 Å². The van der Waals surface area contributed by atoms with Crippen LogP contribution in [0.25, 0.3) is 0 Å². The first-order valence-corrected chi connectivity index (χ1v) is 6.54. The van der Waals surface area contributed by atoms with Gasteiger partial charge in [0.2, 0.25) is 0 Å². The normalized spacial score (nSPS) is 11.8. The number of esters is 1. The number of halogens is 2. The van der Waals surface area contributed by atoms with Crippen molar-refractivity contribution in [3.05, 3.63) is 33.3 Å². The van der Waals surface area contributed by atoms with Gasteiger partial charge >= 0.3 is 5.97 Å². The number of carbonyl (C=O) groups excluding carboxylic acids is 2. The number of carbonyl (C=O) groups is 2. The number of benzene rings is 1. The molecule has 0 aliphatic rings. The summed E-state index contributed by atoms with van der Waals surface area (Å²) in [4.78, 5) is 23.2. The molecule has 0 saturated heterocycles. The van der Waals surface area contributed by atoms with Crippen molar-refractivity contribution in [2.75, 3.05) is 6.61 Å². The van der Waals surface area contributed by atoms with Crippen LogP contribution in [0.15, 0.2) is 22.7 Å². The summed E-state index contributed by atoms with van der Waals surface area (Å²) in [5.41, 5.74) is 0.380. The van der Waals surface area contributed by atoms with Gasteiger partial charge in [-0.2, -0.15) is 0 Å². The highest BCUT2D eigenvalue weighted by Gasteiger charge is 2.17. The van der Waals surface area contributed by atoms with Crippen molar-refractivity contribution in [2.24, 2.45) is 0 Å². The lowest BCUT2D eigenvalue weighted by atomic mass is 10.2. The molecule has 1 aromatic rings. The highest BCUT2D eigenvalue weighted by molar-refractivity contribution is 9.10. The first-order chi connectivity index (χ1) is 8.43. The Bertz CT molecular complexity index is 444. The smallest absolute Gasteiger partial charge is 0.328 e. The summed E-state index contributed by atoms with van der Waals surface area (Å²) in [6, 6.07) is 4.13. The lowest BCUT2D eigenvalue weighted by molar-refractivity contribution is -0.144. The molecule has 18 heavy (non-hydrogen) atoms. The highest BCUT2D eigenvalue weighted by atomic mass is 79.9. The molecule has 1 unspecified atom stereocenters. The predicted molar refractivity (Wildman–Crippen MR) is 72.7 cm³/mol. The minimum atomic E-state index is -0.699. The van der Waals surface area contributed by atoms with Crippen molar-refractivity contribution in [3.8, 4) is 0 Å². The second-order valence-corrected chi connectivity index (χ2v) is 4.96. The Morgan fingerprint density at radius 3 is 2.67 bits per heavy atom. The van der Waals surface area contributed by atoms with E-state index >= 15 is 0 Å². The summed E-state index contributed by atoms with van der Waals surface area (Å²) in [7, 11) is 0. The quantitative estimate of drug-likeness (QED) is 0.862. The largest absolute Gasteiger partial charge is 0.464 e. The average molecular weight is 335 g/mol. The molecular formula is C12H13BrClNO3. The predicted octanol–water partition coefficient (Wildman–Crippen LogP) is 2.78. The molecule has 0 radical (unpaired) electrons. The van der Waals surface area contributed by atoms with Gasteiger partial charge in [-0.1, -0.05) is 27.5 Å². The Morgan fingerprint density at radius 1 is 1.44 bits per heavy atom. The average Bonchev–Trinajstić information content (AvgIpc) is 2.27. The van der Waals surface area contributed by atoms with Gasteiger partial charge in [0.1, 0.15) is 6.04 Å². The van der Waals surface area contributed by atoms with Crippen LogP contribution in [0, 0.1) is 0 Å². The van der Waals surface area contributed by atoms with E-state index in [0.29, 0.717) is 15.1 Å². The van der Waals surface area contributed by atoms with Gasteiger partial charge in [-0.15, -0.1) is 0 Å². The van der Waals surface area contributed by atoms with Gasteiger partial charge < -0.3 is 10.1 Å². The molecule has 1 N–H and O–H groups in total. The van der Waals surface area contributed by atoms with Crippen LogP contribution in [0.2, 0.25) is 5.02 Å². The third-order valence-electron chi connectivity index (χ3n) is 2.11. The molecule has 0 saturated carbocycles. The van der Waals surface area contributed by atoms with E-state index < -0.39 is 12.0 Å². The first kappa shape index (κ1) is 15.0. The summed E-state index contributed by atoms with van der Waals surface area (Å²) in [6.45, 7) is 3.55. The molecule has 0 spiro atoms. The summed E-state index contributed by atoms with van der Waals surface area (Å²) < 4.78 is 5.50. The molecule has 6 heteroatoms. The second-order valence-electron chi connectivity index (χ2n) is 3.61. The SMILES string of the molecule is CCOC(=O)C(C)NC(=O)c1cc(Cl)cc(Br)c1. The number of nitrogens with one attached hydrogen (secondary N) is 1. The minimum absolute atomic E-state index is 0.280. The number of hydrogen-bond donors (Lipinski definition) is 1. The highest BCUT2D eigenvalue weighted by Crippen LogP contribution is 2.19. The van der Waals surface area contributed by atoms with Gasteiger partial charge in [-0.05, 0) is 32.0 Å². The fraction of sp³-hybridized carbons (Fsp3) is 0.333. The zero-order valence-electron chi connectivity index (χ0n) is 10.00. The number of rotatable bonds is 4. The van der Waals surface area contributed by atoms with Crippen LogP contribution >= 0.6 is 27.5 Å². The van der Waals surface area contributed by atoms with Gasteiger partial charge in [-0.3, -0.25) is 4.79 Å². The molecule has 98 valence electrons. The van der Waals surface area contributed by atoms with E-state index in [9.17, 15) is 9.59 Å². The molecule has 0 bridgehead atoms. The standard InChI is InChI=1S/C12H13BrClNO3/c1-3-18-12(17)7(2)15-11(16)8-4-9(13)6-10(14)5-8/h4-7H,3H2,1-2H3,(H,15,16). The maximum absolute atomic E-state index is 11.9. The van der Waals surface area contributed by atoms with Crippen LogP contribution in [-0.2, 0) is 9.53 Å². The van der Waals surface area contributed by atoms with Crippen molar-refractivity contribution in [1.29, 1.82) is 0 Å². The molecule has 0 aromatic heterocycles. The maximum Gasteiger partial charge on any atom is 0.328 e. The Labute approximate surface area is 119 Å². The fourth-order valence-electron chi connectivity index (χ4n) is 1.29. The molecule has 4 nitrogen and oxygen atoms in total. The summed E-state index contributed by atoms with van der Waals surface area (Å²) >= 11 is 9.09. The van der Waals surface area contributed by atoms with Crippen LogP contribution in [0.5, 0.6) is 0 Å². The number of ether oxygens (including phenoxy) is 1. The van der Waals surface area contributed by atoms with Gasteiger partial charge in [0, 0.05) is 15.1 Å². The fourth-order valence-corrected chi connectivity index (χ4v) is 2.15. The van der Waals surface area contributed by atoms with E-state index in [4.69, 9.17) is 16.3 Å². The maximum atomic E-state index is 11.9. The Balaban J connectivity index is 2.73. The molecule has 1 rings (SSSR count). The molecule has 0 aliphatic heterocycles. The zero-order valence-corrected chi connectivity index (χ0v) is 12.3. The molecular weight excluding hydrogens is 321 g/mol. The number of amides is 1.